The van der Waals surface area contributed by atoms with Crippen LogP contribution in [0.3, 0.4) is 0 Å². The second-order valence-corrected chi connectivity index (χ2v) is 9.06. The molecular weight excluding hydrogens is 506 g/mol. The van der Waals surface area contributed by atoms with Crippen LogP contribution in [-0.2, 0) is 18.9 Å². The van der Waals surface area contributed by atoms with Crippen molar-refractivity contribution in [1.82, 2.24) is 4.90 Å². The first-order valence-corrected chi connectivity index (χ1v) is 12.8. The average molecular weight is 544 g/mol. The summed E-state index contributed by atoms with van der Waals surface area (Å²) in [7, 11) is 5.29. The van der Waals surface area contributed by atoms with Crippen molar-refractivity contribution in [2.75, 3.05) is 92.0 Å². The van der Waals surface area contributed by atoms with Crippen molar-refractivity contribution in [2.45, 2.75) is 0 Å². The highest BCUT2D eigenvalue weighted by Crippen LogP contribution is 2.31. The summed E-state index contributed by atoms with van der Waals surface area (Å²) in [5.41, 5.74) is 2.03. The third kappa shape index (κ3) is 9.63. The summed E-state index contributed by atoms with van der Waals surface area (Å²) in [5, 5.41) is 11.6. The van der Waals surface area contributed by atoms with Gasteiger partial charge in [-0.1, -0.05) is 12.1 Å². The van der Waals surface area contributed by atoms with Gasteiger partial charge in [-0.15, -0.1) is 0 Å². The monoisotopic (exact) mass is 543 g/mol. The molecule has 0 aliphatic carbocycles. The molecule has 0 unspecified atom stereocenters. The van der Waals surface area contributed by atoms with Crippen LogP contribution in [0, 0.1) is 10.1 Å². The summed E-state index contributed by atoms with van der Waals surface area (Å²) in [4.78, 5) is 27.3. The minimum Gasteiger partial charge on any atom is -0.489 e. The molecule has 2 aromatic carbocycles. The molecule has 1 aliphatic rings. The minimum atomic E-state index is -0.631. The first kappa shape index (κ1) is 30.0. The molecule has 212 valence electrons. The Labute approximate surface area is 229 Å². The smallest absolute Gasteiger partial charge is 0.338 e. The predicted octanol–water partition coefficient (Wildman–Crippen LogP) is 3.36. The Morgan fingerprint density at radius 3 is 2.36 bits per heavy atom. The van der Waals surface area contributed by atoms with E-state index in [9.17, 15) is 14.9 Å². The Bertz CT molecular complexity index is 1120. The molecule has 3 rings (SSSR count). The molecule has 11 nitrogen and oxygen atoms in total. The molecule has 0 atom stereocenters. The van der Waals surface area contributed by atoms with E-state index in [2.05, 4.69) is 14.5 Å². The summed E-state index contributed by atoms with van der Waals surface area (Å²) in [5.74, 6) is 0.0505. The van der Waals surface area contributed by atoms with Crippen molar-refractivity contribution in [3.63, 3.8) is 0 Å². The zero-order valence-electron chi connectivity index (χ0n) is 22.8. The third-order valence-corrected chi connectivity index (χ3v) is 5.98. The Morgan fingerprint density at radius 2 is 1.69 bits per heavy atom. The maximum atomic E-state index is 11.8. The molecule has 0 saturated heterocycles. The molecule has 1 heterocycles. The minimum absolute atomic E-state index is 0.118. The highest BCUT2D eigenvalue weighted by molar-refractivity contribution is 5.91. The molecule has 0 aromatic heterocycles. The fourth-order valence-corrected chi connectivity index (χ4v) is 3.89. The van der Waals surface area contributed by atoms with E-state index in [1.807, 2.05) is 32.3 Å². The molecule has 0 saturated carbocycles. The molecule has 0 amide bonds. The number of likely N-dealkylation sites (N-methyl/N-ethyl adjacent to an activating group) is 1. The number of nitro benzene ring substituents is 1. The Morgan fingerprint density at radius 1 is 1.00 bits per heavy atom. The lowest BCUT2D eigenvalue weighted by molar-refractivity contribution is -0.385. The first-order chi connectivity index (χ1) is 18.9. The molecule has 11 heteroatoms. The van der Waals surface area contributed by atoms with Gasteiger partial charge in [0.05, 0.1) is 68.5 Å². The molecule has 0 spiro atoms. The van der Waals surface area contributed by atoms with Gasteiger partial charge in [0.2, 0.25) is 0 Å². The second-order valence-electron chi connectivity index (χ2n) is 9.06. The van der Waals surface area contributed by atoms with E-state index < -0.39 is 10.9 Å². The largest absolute Gasteiger partial charge is 0.489 e. The SMILES string of the molecule is COC(=O)c1ccc(C=Cc2ccc3c(c2)OCCOCCOCCOCCN3CCN(C)C)c([N+](=O)[O-])c1. The third-order valence-electron chi connectivity index (χ3n) is 5.98. The van der Waals surface area contributed by atoms with Gasteiger partial charge in [-0.05, 0) is 50.0 Å². The van der Waals surface area contributed by atoms with Gasteiger partial charge in [0, 0.05) is 25.7 Å². The van der Waals surface area contributed by atoms with Crippen LogP contribution in [0.2, 0.25) is 0 Å². The van der Waals surface area contributed by atoms with Gasteiger partial charge in [0.25, 0.3) is 5.69 Å². The van der Waals surface area contributed by atoms with Gasteiger partial charge in [-0.3, -0.25) is 10.1 Å². The summed E-state index contributed by atoms with van der Waals surface area (Å²) in [6, 6.07) is 10.1. The predicted molar refractivity (Wildman–Crippen MR) is 149 cm³/mol. The number of carbonyl (C=O) groups is 1. The van der Waals surface area contributed by atoms with Crippen LogP contribution >= 0.6 is 0 Å². The number of nitrogens with zero attached hydrogens (tertiary/aromatic N) is 3. The maximum absolute atomic E-state index is 11.8. The van der Waals surface area contributed by atoms with Crippen molar-refractivity contribution in [3.8, 4) is 5.75 Å². The van der Waals surface area contributed by atoms with Gasteiger partial charge in [-0.2, -0.15) is 0 Å². The van der Waals surface area contributed by atoms with Gasteiger partial charge in [0.1, 0.15) is 12.4 Å². The van der Waals surface area contributed by atoms with Gasteiger partial charge in [-0.25, -0.2) is 4.79 Å². The number of hydrogen-bond acceptors (Lipinski definition) is 10. The van der Waals surface area contributed by atoms with E-state index in [1.54, 1.807) is 12.2 Å². The summed E-state index contributed by atoms with van der Waals surface area (Å²) in [6.07, 6.45) is 3.43. The zero-order valence-corrected chi connectivity index (χ0v) is 22.8. The standard InChI is InChI=1S/C28H37N3O8/c1-29(2)10-11-30-12-13-36-14-15-37-16-17-38-18-19-39-27-20-22(5-9-25(27)30)4-6-23-7-8-24(28(32)35-3)21-26(23)31(33)34/h4-9,20-21H,10-19H2,1-3H3. The molecule has 2 aromatic rings. The van der Waals surface area contributed by atoms with Crippen molar-refractivity contribution >= 4 is 29.5 Å². The van der Waals surface area contributed by atoms with Crippen LogP contribution < -0.4 is 9.64 Å². The summed E-state index contributed by atoms with van der Waals surface area (Å²) < 4.78 is 27.7. The molecular formula is C28H37N3O8. The number of fused-ring (bicyclic) bond motifs is 1. The summed E-state index contributed by atoms with van der Waals surface area (Å²) in [6.45, 7) is 5.61. The summed E-state index contributed by atoms with van der Waals surface area (Å²) >= 11 is 0. The number of ether oxygens (including phenoxy) is 5. The molecule has 0 radical (unpaired) electrons. The Kier molecular flexibility index (Phi) is 12.2. The fraction of sp³-hybridized carbons (Fsp3) is 0.464. The zero-order chi connectivity index (χ0) is 28.0. The van der Waals surface area contributed by atoms with Crippen LogP contribution in [0.4, 0.5) is 11.4 Å². The van der Waals surface area contributed by atoms with Crippen molar-refractivity contribution in [3.05, 3.63) is 63.2 Å². The number of benzene rings is 2. The van der Waals surface area contributed by atoms with Gasteiger partial charge >= 0.3 is 5.97 Å². The second kappa shape index (κ2) is 15.8. The quantitative estimate of drug-likeness (QED) is 0.223. The van der Waals surface area contributed by atoms with E-state index in [1.165, 1.54) is 25.3 Å². The maximum Gasteiger partial charge on any atom is 0.338 e. The van der Waals surface area contributed by atoms with Crippen molar-refractivity contribution < 1.29 is 33.4 Å². The average Bonchev–Trinajstić information content (AvgIpc) is 2.94. The normalized spacial score (nSPS) is 15.7. The topological polar surface area (TPSA) is 113 Å². The highest BCUT2D eigenvalue weighted by Gasteiger charge is 2.17. The number of hydrogen-bond donors (Lipinski definition) is 0. The number of carbonyl (C=O) groups excluding carboxylic acids is 1. The molecule has 39 heavy (non-hydrogen) atoms. The van der Waals surface area contributed by atoms with Crippen molar-refractivity contribution in [2.24, 2.45) is 0 Å². The van der Waals surface area contributed by atoms with Crippen LogP contribution in [0.15, 0.2) is 36.4 Å². The lowest BCUT2D eigenvalue weighted by atomic mass is 10.1. The van der Waals surface area contributed by atoms with Crippen LogP contribution in [-0.4, -0.2) is 103 Å². The Hall–Kier alpha value is -3.51. The van der Waals surface area contributed by atoms with Crippen LogP contribution in [0.25, 0.3) is 12.2 Å². The molecule has 0 bridgehead atoms. The first-order valence-electron chi connectivity index (χ1n) is 12.8. The van der Waals surface area contributed by atoms with E-state index in [-0.39, 0.29) is 11.3 Å². The number of esters is 1. The molecule has 0 N–H and O–H groups in total. The fourth-order valence-electron chi connectivity index (χ4n) is 3.89. The lowest BCUT2D eigenvalue weighted by Crippen LogP contribution is -2.34. The number of rotatable bonds is 7. The number of nitro groups is 1. The number of methoxy groups -OCH3 is 1. The van der Waals surface area contributed by atoms with E-state index in [0.29, 0.717) is 64.1 Å². The van der Waals surface area contributed by atoms with Gasteiger partial charge < -0.3 is 33.5 Å². The van der Waals surface area contributed by atoms with Crippen LogP contribution in [0.1, 0.15) is 21.5 Å². The highest BCUT2D eigenvalue weighted by atomic mass is 16.6. The van der Waals surface area contributed by atoms with E-state index >= 15 is 0 Å². The molecule has 1 aliphatic heterocycles. The van der Waals surface area contributed by atoms with Gasteiger partial charge in [0.15, 0.2) is 0 Å². The Balaban J connectivity index is 1.89. The van der Waals surface area contributed by atoms with Crippen molar-refractivity contribution in [1.29, 1.82) is 0 Å². The molecule has 0 fully saturated rings. The van der Waals surface area contributed by atoms with E-state index in [0.717, 1.165) is 24.3 Å². The lowest BCUT2D eigenvalue weighted by Gasteiger charge is -2.28. The van der Waals surface area contributed by atoms with E-state index in [4.69, 9.17) is 18.9 Å². The van der Waals surface area contributed by atoms with Crippen LogP contribution in [0.5, 0.6) is 5.75 Å². The number of anilines is 1.